The lowest BCUT2D eigenvalue weighted by atomic mass is 10.1. The van der Waals surface area contributed by atoms with Crippen LogP contribution in [0.2, 0.25) is 0 Å². The van der Waals surface area contributed by atoms with Crippen LogP contribution in [-0.4, -0.2) is 19.2 Å². The molecule has 0 aliphatic heterocycles. The maximum absolute atomic E-state index is 13.0. The Morgan fingerprint density at radius 1 is 1.03 bits per heavy atom. The number of fused-ring (bicyclic) bond motifs is 1. The van der Waals surface area contributed by atoms with Crippen molar-refractivity contribution in [3.63, 3.8) is 0 Å². The van der Waals surface area contributed by atoms with Crippen LogP contribution in [0.4, 0.5) is 0 Å². The van der Waals surface area contributed by atoms with Crippen molar-refractivity contribution in [3.05, 3.63) is 63.5 Å². The van der Waals surface area contributed by atoms with Crippen molar-refractivity contribution in [3.8, 4) is 17.2 Å². The third-order valence-electron chi connectivity index (χ3n) is 4.71. The quantitative estimate of drug-likeness (QED) is 0.481. The Hall–Kier alpha value is -3.28. The minimum atomic E-state index is -0.455. The molecule has 0 bridgehead atoms. The Morgan fingerprint density at radius 2 is 1.77 bits per heavy atom. The zero-order valence-electron chi connectivity index (χ0n) is 17.7. The highest BCUT2D eigenvalue weighted by Crippen LogP contribution is 2.31. The van der Waals surface area contributed by atoms with E-state index in [9.17, 15) is 9.59 Å². The van der Waals surface area contributed by atoms with Crippen molar-refractivity contribution < 1.29 is 23.4 Å². The first-order valence-electron chi connectivity index (χ1n) is 10.1. The van der Waals surface area contributed by atoms with Crippen molar-refractivity contribution in [1.29, 1.82) is 0 Å². The van der Waals surface area contributed by atoms with Gasteiger partial charge in [-0.2, -0.15) is 0 Å². The standard InChI is InChI=1S/C24H26O6/c1-5-7-17-8-10-18(11-9-17)30-24-16(4)29-23-15(3)20(13-12-19(23)22(24)26)28-14-21(25)27-6-2/h8-13H,5-7,14H2,1-4H3. The molecule has 2 aromatic carbocycles. The third kappa shape index (κ3) is 4.64. The molecular formula is C24H26O6. The van der Waals surface area contributed by atoms with E-state index in [0.717, 1.165) is 12.8 Å². The van der Waals surface area contributed by atoms with Gasteiger partial charge < -0.3 is 18.6 Å². The van der Waals surface area contributed by atoms with Gasteiger partial charge in [0, 0.05) is 5.56 Å². The fourth-order valence-electron chi connectivity index (χ4n) is 3.21. The van der Waals surface area contributed by atoms with E-state index < -0.39 is 5.97 Å². The molecule has 0 saturated carbocycles. The second-order valence-electron chi connectivity index (χ2n) is 6.97. The number of aryl methyl sites for hydroxylation is 3. The van der Waals surface area contributed by atoms with Gasteiger partial charge in [0.1, 0.15) is 22.8 Å². The maximum Gasteiger partial charge on any atom is 0.344 e. The van der Waals surface area contributed by atoms with Gasteiger partial charge in [-0.05, 0) is 57.0 Å². The van der Waals surface area contributed by atoms with Crippen LogP contribution < -0.4 is 14.9 Å². The number of carbonyl (C=O) groups is 1. The van der Waals surface area contributed by atoms with E-state index in [1.165, 1.54) is 5.56 Å². The van der Waals surface area contributed by atoms with Crippen LogP contribution >= 0.6 is 0 Å². The molecule has 3 aromatic rings. The average Bonchev–Trinajstić information content (AvgIpc) is 2.73. The van der Waals surface area contributed by atoms with E-state index in [1.54, 1.807) is 32.9 Å². The number of esters is 1. The first-order valence-corrected chi connectivity index (χ1v) is 10.1. The molecule has 0 radical (unpaired) electrons. The second-order valence-corrected chi connectivity index (χ2v) is 6.97. The summed E-state index contributed by atoms with van der Waals surface area (Å²) in [7, 11) is 0. The van der Waals surface area contributed by atoms with Gasteiger partial charge in [-0.1, -0.05) is 25.5 Å². The van der Waals surface area contributed by atoms with Crippen LogP contribution in [0.15, 0.2) is 45.6 Å². The van der Waals surface area contributed by atoms with E-state index in [-0.39, 0.29) is 24.4 Å². The van der Waals surface area contributed by atoms with Gasteiger partial charge in [0.15, 0.2) is 6.61 Å². The molecule has 1 heterocycles. The highest BCUT2D eigenvalue weighted by Gasteiger charge is 2.18. The minimum absolute atomic E-state index is 0.158. The molecule has 3 rings (SSSR count). The molecule has 0 atom stereocenters. The predicted molar refractivity (Wildman–Crippen MR) is 115 cm³/mol. The van der Waals surface area contributed by atoms with Gasteiger partial charge in [-0.15, -0.1) is 0 Å². The van der Waals surface area contributed by atoms with E-state index >= 15 is 0 Å². The zero-order chi connectivity index (χ0) is 21.7. The molecule has 0 saturated heterocycles. The molecule has 30 heavy (non-hydrogen) atoms. The van der Waals surface area contributed by atoms with E-state index in [4.69, 9.17) is 18.6 Å². The normalized spacial score (nSPS) is 10.8. The lowest BCUT2D eigenvalue weighted by Crippen LogP contribution is -2.15. The summed E-state index contributed by atoms with van der Waals surface area (Å²) < 4.78 is 22.2. The maximum atomic E-state index is 13.0. The molecule has 0 aliphatic rings. The highest BCUT2D eigenvalue weighted by atomic mass is 16.6. The van der Waals surface area contributed by atoms with E-state index in [0.29, 0.717) is 33.8 Å². The number of ether oxygens (including phenoxy) is 3. The Balaban J connectivity index is 1.90. The monoisotopic (exact) mass is 410 g/mol. The molecule has 0 unspecified atom stereocenters. The topological polar surface area (TPSA) is 75.0 Å². The fraction of sp³-hybridized carbons (Fsp3) is 0.333. The number of hydrogen-bond donors (Lipinski definition) is 0. The largest absolute Gasteiger partial charge is 0.481 e. The predicted octanol–water partition coefficient (Wildman–Crippen LogP) is 5.10. The Kier molecular flexibility index (Phi) is 6.77. The molecule has 0 aliphatic carbocycles. The van der Waals surface area contributed by atoms with Crippen LogP contribution in [0.1, 0.15) is 37.2 Å². The lowest BCUT2D eigenvalue weighted by Gasteiger charge is -2.13. The SMILES string of the molecule is CCCc1ccc(Oc2c(C)oc3c(C)c(OCC(=O)OCC)ccc3c2=O)cc1. The number of rotatable bonds is 8. The van der Waals surface area contributed by atoms with Gasteiger partial charge in [0.25, 0.3) is 0 Å². The molecule has 6 nitrogen and oxygen atoms in total. The molecule has 0 N–H and O–H groups in total. The molecular weight excluding hydrogens is 384 g/mol. The molecule has 6 heteroatoms. The van der Waals surface area contributed by atoms with Crippen molar-refractivity contribution in [2.24, 2.45) is 0 Å². The van der Waals surface area contributed by atoms with Crippen LogP contribution in [0.3, 0.4) is 0 Å². The molecule has 0 amide bonds. The molecule has 158 valence electrons. The van der Waals surface area contributed by atoms with E-state index in [1.807, 2.05) is 24.3 Å². The Morgan fingerprint density at radius 3 is 2.43 bits per heavy atom. The van der Waals surface area contributed by atoms with Crippen LogP contribution in [0, 0.1) is 13.8 Å². The van der Waals surface area contributed by atoms with Crippen molar-refractivity contribution >= 4 is 16.9 Å². The minimum Gasteiger partial charge on any atom is -0.481 e. The Bertz CT molecular complexity index is 1100. The van der Waals surface area contributed by atoms with Gasteiger partial charge >= 0.3 is 5.97 Å². The van der Waals surface area contributed by atoms with Crippen molar-refractivity contribution in [2.75, 3.05) is 13.2 Å². The Labute approximate surface area is 175 Å². The van der Waals surface area contributed by atoms with Gasteiger partial charge in [-0.25, -0.2) is 4.79 Å². The lowest BCUT2D eigenvalue weighted by molar-refractivity contribution is -0.145. The second kappa shape index (κ2) is 9.48. The molecule has 0 fully saturated rings. The van der Waals surface area contributed by atoms with Gasteiger partial charge in [0.2, 0.25) is 11.2 Å². The van der Waals surface area contributed by atoms with Gasteiger partial charge in [0.05, 0.1) is 12.0 Å². The smallest absolute Gasteiger partial charge is 0.344 e. The number of carbonyl (C=O) groups excluding carboxylic acids is 1. The summed E-state index contributed by atoms with van der Waals surface area (Å²) in [5, 5.41) is 0.388. The molecule has 1 aromatic heterocycles. The van der Waals surface area contributed by atoms with Crippen molar-refractivity contribution in [2.45, 2.75) is 40.5 Å². The zero-order valence-corrected chi connectivity index (χ0v) is 17.7. The van der Waals surface area contributed by atoms with Crippen LogP contribution in [0.25, 0.3) is 11.0 Å². The molecule has 0 spiro atoms. The summed E-state index contributed by atoms with van der Waals surface area (Å²) >= 11 is 0. The summed E-state index contributed by atoms with van der Waals surface area (Å²) in [5.74, 6) is 1.11. The summed E-state index contributed by atoms with van der Waals surface area (Å²) in [4.78, 5) is 24.6. The first kappa shape index (κ1) is 21.4. The third-order valence-corrected chi connectivity index (χ3v) is 4.71. The van der Waals surface area contributed by atoms with Crippen molar-refractivity contribution in [1.82, 2.24) is 0 Å². The van der Waals surface area contributed by atoms with Crippen LogP contribution in [0.5, 0.6) is 17.2 Å². The number of hydrogen-bond acceptors (Lipinski definition) is 6. The van der Waals surface area contributed by atoms with Gasteiger partial charge in [-0.3, -0.25) is 4.79 Å². The van der Waals surface area contributed by atoms with E-state index in [2.05, 4.69) is 6.92 Å². The highest BCUT2D eigenvalue weighted by molar-refractivity contribution is 5.83. The summed E-state index contributed by atoms with van der Waals surface area (Å²) in [6, 6.07) is 11.0. The fourth-order valence-corrected chi connectivity index (χ4v) is 3.21. The van der Waals surface area contributed by atoms with Crippen LogP contribution in [-0.2, 0) is 16.0 Å². The summed E-state index contributed by atoms with van der Waals surface area (Å²) in [5.41, 5.74) is 2.00. The number of benzene rings is 2. The summed E-state index contributed by atoms with van der Waals surface area (Å²) in [6.45, 7) is 7.40. The first-order chi connectivity index (χ1) is 14.4. The average molecular weight is 410 g/mol. The summed E-state index contributed by atoms with van der Waals surface area (Å²) in [6.07, 6.45) is 2.07.